The normalized spacial score (nSPS) is 18.1. The maximum absolute atomic E-state index is 12.3. The van der Waals surface area contributed by atoms with Gasteiger partial charge in [-0.25, -0.2) is 9.78 Å². The zero-order valence-corrected chi connectivity index (χ0v) is 12.0. The van der Waals surface area contributed by atoms with Gasteiger partial charge in [-0.2, -0.15) is 0 Å². The first-order chi connectivity index (χ1) is 10.2. The minimum absolute atomic E-state index is 0.000514. The molecule has 7 heteroatoms. The molecule has 0 unspecified atom stereocenters. The molecule has 0 radical (unpaired) electrons. The first-order valence-electron chi connectivity index (χ1n) is 7.17. The summed E-state index contributed by atoms with van der Waals surface area (Å²) in [5.41, 5.74) is 0.845. The summed E-state index contributed by atoms with van der Waals surface area (Å²) in [5.74, 6) is 0.773. The Kier molecular flexibility index (Phi) is 3.89. The predicted octanol–water partition coefficient (Wildman–Crippen LogP) is 1.73. The Morgan fingerprint density at radius 3 is 3.19 bits per heavy atom. The van der Waals surface area contributed by atoms with Gasteiger partial charge >= 0.3 is 6.03 Å². The number of likely N-dealkylation sites (tertiary alicyclic amines) is 1. The monoisotopic (exact) mass is 289 g/mol. The zero-order valence-electron chi connectivity index (χ0n) is 12.0. The van der Waals surface area contributed by atoms with Crippen molar-refractivity contribution in [3.05, 3.63) is 36.2 Å². The Labute approximate surface area is 122 Å². The van der Waals surface area contributed by atoms with Gasteiger partial charge in [0.1, 0.15) is 0 Å². The van der Waals surface area contributed by atoms with Crippen LogP contribution in [0.5, 0.6) is 0 Å². The number of nitrogens with zero attached hydrogens (tertiary/aromatic N) is 4. The van der Waals surface area contributed by atoms with Gasteiger partial charge in [0.15, 0.2) is 5.76 Å². The van der Waals surface area contributed by atoms with Crippen LogP contribution in [-0.4, -0.2) is 38.7 Å². The van der Waals surface area contributed by atoms with Crippen LogP contribution in [0, 0.1) is 6.92 Å². The highest BCUT2D eigenvalue weighted by Crippen LogP contribution is 2.32. The van der Waals surface area contributed by atoms with Crippen molar-refractivity contribution in [2.75, 3.05) is 13.1 Å². The minimum Gasteiger partial charge on any atom is -0.359 e. The molecule has 1 saturated heterocycles. The van der Waals surface area contributed by atoms with Crippen LogP contribution in [0.4, 0.5) is 4.79 Å². The number of aryl methyl sites for hydroxylation is 1. The van der Waals surface area contributed by atoms with E-state index in [0.717, 1.165) is 30.8 Å². The second-order valence-corrected chi connectivity index (χ2v) is 5.25. The van der Waals surface area contributed by atoms with Crippen LogP contribution in [0.3, 0.4) is 0 Å². The van der Waals surface area contributed by atoms with Gasteiger partial charge in [-0.15, -0.1) is 0 Å². The summed E-state index contributed by atoms with van der Waals surface area (Å²) in [6.07, 6.45) is 7.25. The number of nitrogens with one attached hydrogen (secondary N) is 1. The second-order valence-electron chi connectivity index (χ2n) is 5.25. The summed E-state index contributed by atoms with van der Waals surface area (Å²) < 4.78 is 7.24. The average molecular weight is 289 g/mol. The molecule has 0 bridgehead atoms. The summed E-state index contributed by atoms with van der Waals surface area (Å²) in [5, 5.41) is 6.85. The highest BCUT2D eigenvalue weighted by atomic mass is 16.5. The molecule has 2 aromatic heterocycles. The van der Waals surface area contributed by atoms with Gasteiger partial charge in [0.2, 0.25) is 0 Å². The van der Waals surface area contributed by atoms with Gasteiger partial charge in [0.25, 0.3) is 0 Å². The quantitative estimate of drug-likeness (QED) is 0.930. The third-order valence-corrected chi connectivity index (χ3v) is 3.69. The molecule has 0 aliphatic carbocycles. The lowest BCUT2D eigenvalue weighted by atomic mass is 10.1. The summed E-state index contributed by atoms with van der Waals surface area (Å²) in [7, 11) is 0. The third kappa shape index (κ3) is 3.07. The summed E-state index contributed by atoms with van der Waals surface area (Å²) in [6, 6.07) is 1.85. The molecule has 1 atom stereocenters. The molecule has 3 heterocycles. The summed E-state index contributed by atoms with van der Waals surface area (Å²) in [4.78, 5) is 18.1. The van der Waals surface area contributed by atoms with E-state index in [-0.39, 0.29) is 12.1 Å². The fraction of sp³-hybridized carbons (Fsp3) is 0.500. The zero-order chi connectivity index (χ0) is 14.7. The van der Waals surface area contributed by atoms with Crippen molar-refractivity contribution >= 4 is 6.03 Å². The predicted molar refractivity (Wildman–Crippen MR) is 75.5 cm³/mol. The van der Waals surface area contributed by atoms with E-state index in [1.807, 2.05) is 28.7 Å². The maximum Gasteiger partial charge on any atom is 0.318 e. The number of imidazole rings is 1. The summed E-state index contributed by atoms with van der Waals surface area (Å²) >= 11 is 0. The van der Waals surface area contributed by atoms with Crippen LogP contribution < -0.4 is 5.32 Å². The van der Waals surface area contributed by atoms with E-state index in [2.05, 4.69) is 15.5 Å². The lowest BCUT2D eigenvalue weighted by molar-refractivity contribution is 0.182. The fourth-order valence-corrected chi connectivity index (χ4v) is 2.66. The van der Waals surface area contributed by atoms with E-state index in [1.165, 1.54) is 0 Å². The molecule has 2 amide bonds. The maximum atomic E-state index is 12.3. The van der Waals surface area contributed by atoms with Crippen molar-refractivity contribution in [2.24, 2.45) is 0 Å². The summed E-state index contributed by atoms with van der Waals surface area (Å²) in [6.45, 7) is 3.93. The average Bonchev–Trinajstić information content (AvgIpc) is 3.18. The third-order valence-electron chi connectivity index (χ3n) is 3.69. The highest BCUT2D eigenvalue weighted by Gasteiger charge is 2.32. The molecule has 1 N–H and O–H groups in total. The fourth-order valence-electron chi connectivity index (χ4n) is 2.66. The number of carbonyl (C=O) groups excluding carboxylic acids is 1. The number of carbonyl (C=O) groups is 1. The molecular weight excluding hydrogens is 270 g/mol. The van der Waals surface area contributed by atoms with E-state index in [4.69, 9.17) is 4.52 Å². The number of hydrogen-bond donors (Lipinski definition) is 1. The minimum atomic E-state index is -0.0494. The van der Waals surface area contributed by atoms with Gasteiger partial charge in [-0.05, 0) is 19.8 Å². The highest BCUT2D eigenvalue weighted by molar-refractivity contribution is 5.74. The van der Waals surface area contributed by atoms with Crippen molar-refractivity contribution in [3.63, 3.8) is 0 Å². The Balaban J connectivity index is 1.55. The van der Waals surface area contributed by atoms with E-state index in [0.29, 0.717) is 13.1 Å². The molecule has 1 aliphatic rings. The molecule has 1 aliphatic heterocycles. The molecule has 2 aromatic rings. The second kappa shape index (κ2) is 5.99. The van der Waals surface area contributed by atoms with Crippen molar-refractivity contribution in [1.82, 2.24) is 24.9 Å². The lowest BCUT2D eigenvalue weighted by Crippen LogP contribution is -2.40. The lowest BCUT2D eigenvalue weighted by Gasteiger charge is -2.23. The van der Waals surface area contributed by atoms with Gasteiger partial charge in [0, 0.05) is 38.1 Å². The van der Waals surface area contributed by atoms with E-state index >= 15 is 0 Å². The number of rotatable bonds is 4. The van der Waals surface area contributed by atoms with Crippen LogP contribution in [0.15, 0.2) is 29.3 Å². The van der Waals surface area contributed by atoms with Gasteiger partial charge < -0.3 is 19.3 Å². The largest absolute Gasteiger partial charge is 0.359 e. The standard InChI is InChI=1S/C14H19N5O2/c1-11-9-13(21-17-11)12-3-2-6-19(12)14(20)16-5-8-18-7-4-15-10-18/h4,7,9-10,12H,2-3,5-6,8H2,1H3,(H,16,20)/t12-/m0/s1. The first-order valence-corrected chi connectivity index (χ1v) is 7.17. The molecule has 1 fully saturated rings. The van der Waals surface area contributed by atoms with Gasteiger partial charge in [0.05, 0.1) is 18.1 Å². The molecule has 0 aromatic carbocycles. The van der Waals surface area contributed by atoms with Gasteiger partial charge in [-0.3, -0.25) is 0 Å². The first kappa shape index (κ1) is 13.7. The van der Waals surface area contributed by atoms with Crippen molar-refractivity contribution < 1.29 is 9.32 Å². The number of aromatic nitrogens is 3. The van der Waals surface area contributed by atoms with Crippen LogP contribution in [0.1, 0.15) is 30.3 Å². The van der Waals surface area contributed by atoms with E-state index in [1.54, 1.807) is 12.5 Å². The topological polar surface area (TPSA) is 76.2 Å². The molecular formula is C14H19N5O2. The SMILES string of the molecule is Cc1cc([C@@H]2CCCN2C(=O)NCCn2ccnc2)on1. The molecule has 0 saturated carbocycles. The molecule has 112 valence electrons. The molecule has 21 heavy (non-hydrogen) atoms. The number of amides is 2. The van der Waals surface area contributed by atoms with E-state index in [9.17, 15) is 4.79 Å². The van der Waals surface area contributed by atoms with Crippen molar-refractivity contribution in [2.45, 2.75) is 32.4 Å². The number of hydrogen-bond acceptors (Lipinski definition) is 4. The smallest absolute Gasteiger partial charge is 0.318 e. The van der Waals surface area contributed by atoms with E-state index < -0.39 is 0 Å². The van der Waals surface area contributed by atoms with Crippen LogP contribution >= 0.6 is 0 Å². The van der Waals surface area contributed by atoms with Gasteiger partial charge in [-0.1, -0.05) is 5.16 Å². The Hall–Kier alpha value is -2.31. The van der Waals surface area contributed by atoms with Crippen LogP contribution in [0.25, 0.3) is 0 Å². The Morgan fingerprint density at radius 1 is 1.57 bits per heavy atom. The molecule has 0 spiro atoms. The van der Waals surface area contributed by atoms with Crippen molar-refractivity contribution in [3.8, 4) is 0 Å². The van der Waals surface area contributed by atoms with Crippen LogP contribution in [0.2, 0.25) is 0 Å². The van der Waals surface area contributed by atoms with Crippen LogP contribution in [-0.2, 0) is 6.54 Å². The molecule has 7 nitrogen and oxygen atoms in total. The van der Waals surface area contributed by atoms with Crippen molar-refractivity contribution in [1.29, 1.82) is 0 Å². The number of urea groups is 1. The molecule has 3 rings (SSSR count). The Bertz CT molecular complexity index is 592. The Morgan fingerprint density at radius 2 is 2.48 bits per heavy atom.